The lowest BCUT2D eigenvalue weighted by atomic mass is 10.2. The van der Waals surface area contributed by atoms with Crippen molar-refractivity contribution in [2.24, 2.45) is 0 Å². The first-order chi connectivity index (χ1) is 14.4. The molecule has 0 unspecified atom stereocenters. The smallest absolute Gasteiger partial charge is 0.314 e. The Balaban J connectivity index is 1.60. The summed E-state index contributed by atoms with van der Waals surface area (Å²) in [5.74, 6) is -1.04. The lowest BCUT2D eigenvalue weighted by molar-refractivity contribution is -0.136. The summed E-state index contributed by atoms with van der Waals surface area (Å²) in [6, 6.07) is 10.2. The van der Waals surface area contributed by atoms with Gasteiger partial charge in [-0.2, -0.15) is 5.10 Å². The van der Waals surface area contributed by atoms with Crippen molar-refractivity contribution in [2.45, 2.75) is 18.1 Å². The fraction of sp³-hybridized carbons (Fsp3) is 0.211. The molecule has 3 aromatic rings. The van der Waals surface area contributed by atoms with E-state index in [1.807, 2.05) is 0 Å². The van der Waals surface area contributed by atoms with Crippen molar-refractivity contribution in [1.29, 1.82) is 0 Å². The van der Waals surface area contributed by atoms with Gasteiger partial charge in [-0.3, -0.25) is 9.59 Å². The van der Waals surface area contributed by atoms with Crippen molar-refractivity contribution in [1.82, 2.24) is 15.1 Å². The summed E-state index contributed by atoms with van der Waals surface area (Å²) in [6.45, 7) is 0.0451. The molecule has 30 heavy (non-hydrogen) atoms. The number of aromatic nitrogens is 2. The van der Waals surface area contributed by atoms with Gasteiger partial charge in [-0.1, -0.05) is 0 Å². The zero-order valence-corrected chi connectivity index (χ0v) is 16.7. The number of fused-ring (bicyclic) bond motifs is 1. The molecule has 11 heteroatoms. The van der Waals surface area contributed by atoms with Gasteiger partial charge in [0.2, 0.25) is 0 Å². The van der Waals surface area contributed by atoms with Crippen LogP contribution >= 0.6 is 0 Å². The number of ether oxygens (including phenoxy) is 1. The molecule has 0 saturated carbocycles. The van der Waals surface area contributed by atoms with Crippen LogP contribution in [-0.4, -0.2) is 37.1 Å². The van der Waals surface area contributed by atoms with E-state index in [0.717, 1.165) is 0 Å². The third kappa shape index (κ3) is 3.92. The van der Waals surface area contributed by atoms with E-state index in [-0.39, 0.29) is 23.9 Å². The summed E-state index contributed by atoms with van der Waals surface area (Å²) in [4.78, 5) is 24.6. The number of benzene rings is 1. The molecule has 2 aromatic heterocycles. The van der Waals surface area contributed by atoms with E-state index in [2.05, 4.69) is 15.7 Å². The number of hydrogen-bond acceptors (Lipinski definition) is 7. The fourth-order valence-corrected chi connectivity index (χ4v) is 4.60. The number of rotatable bonds is 5. The van der Waals surface area contributed by atoms with Crippen LogP contribution in [-0.2, 0) is 37.5 Å². The Morgan fingerprint density at radius 3 is 2.60 bits per heavy atom. The average Bonchev–Trinajstić information content (AvgIpc) is 3.42. The van der Waals surface area contributed by atoms with Crippen LogP contribution in [0.1, 0.15) is 17.0 Å². The predicted molar refractivity (Wildman–Crippen MR) is 106 cm³/mol. The van der Waals surface area contributed by atoms with Gasteiger partial charge in [0.15, 0.2) is 9.84 Å². The molecule has 0 saturated heterocycles. The van der Waals surface area contributed by atoms with Crippen molar-refractivity contribution in [3.8, 4) is 11.4 Å². The Labute approximate surface area is 171 Å². The number of amides is 2. The molecular formula is C19H18N4O6S. The Morgan fingerprint density at radius 2 is 1.93 bits per heavy atom. The van der Waals surface area contributed by atoms with E-state index in [1.54, 1.807) is 36.4 Å². The van der Waals surface area contributed by atoms with Gasteiger partial charge in [0, 0.05) is 5.56 Å². The molecule has 156 valence electrons. The third-order valence-corrected chi connectivity index (χ3v) is 5.99. The summed E-state index contributed by atoms with van der Waals surface area (Å²) >= 11 is 0. The van der Waals surface area contributed by atoms with Crippen LogP contribution < -0.4 is 15.4 Å². The Kier molecular flexibility index (Phi) is 5.04. The number of methoxy groups -OCH3 is 1. The van der Waals surface area contributed by atoms with Gasteiger partial charge in [0.25, 0.3) is 0 Å². The molecule has 1 aliphatic rings. The van der Waals surface area contributed by atoms with Crippen LogP contribution in [0.15, 0.2) is 47.1 Å². The second-order valence-electron chi connectivity index (χ2n) is 6.63. The quantitative estimate of drug-likeness (QED) is 0.580. The van der Waals surface area contributed by atoms with Gasteiger partial charge in [-0.15, -0.1) is 0 Å². The van der Waals surface area contributed by atoms with Crippen molar-refractivity contribution in [3.63, 3.8) is 0 Å². The highest BCUT2D eigenvalue weighted by Crippen LogP contribution is 2.33. The first-order valence-corrected chi connectivity index (χ1v) is 10.8. The molecule has 1 aromatic carbocycles. The molecule has 2 amide bonds. The molecule has 0 fully saturated rings. The van der Waals surface area contributed by atoms with Crippen molar-refractivity contribution in [3.05, 3.63) is 59.7 Å². The molecule has 1 aliphatic heterocycles. The minimum absolute atomic E-state index is 0.0451. The minimum Gasteiger partial charge on any atom is -0.497 e. The topological polar surface area (TPSA) is 133 Å². The maximum Gasteiger partial charge on any atom is 0.314 e. The van der Waals surface area contributed by atoms with E-state index in [9.17, 15) is 18.0 Å². The molecule has 0 aliphatic carbocycles. The molecule has 0 spiro atoms. The van der Waals surface area contributed by atoms with Crippen LogP contribution in [0.5, 0.6) is 5.75 Å². The van der Waals surface area contributed by atoms with E-state index >= 15 is 0 Å². The van der Waals surface area contributed by atoms with Gasteiger partial charge in [0.1, 0.15) is 17.3 Å². The van der Waals surface area contributed by atoms with E-state index in [1.165, 1.54) is 18.1 Å². The van der Waals surface area contributed by atoms with E-state index in [0.29, 0.717) is 28.5 Å². The molecule has 0 radical (unpaired) electrons. The van der Waals surface area contributed by atoms with Crippen molar-refractivity contribution >= 4 is 27.5 Å². The van der Waals surface area contributed by atoms with E-state index in [4.69, 9.17) is 9.15 Å². The number of carbonyl (C=O) groups excluding carboxylic acids is 2. The number of anilines is 1. The summed E-state index contributed by atoms with van der Waals surface area (Å²) in [7, 11) is -1.81. The average molecular weight is 430 g/mol. The Bertz CT molecular complexity index is 1200. The molecule has 0 atom stereocenters. The third-order valence-electron chi connectivity index (χ3n) is 4.55. The van der Waals surface area contributed by atoms with Crippen LogP contribution in [0.2, 0.25) is 0 Å². The first-order valence-electron chi connectivity index (χ1n) is 8.93. The number of hydrogen-bond donors (Lipinski definition) is 2. The van der Waals surface area contributed by atoms with Gasteiger partial charge >= 0.3 is 11.8 Å². The normalized spacial score (nSPS) is 14.2. The summed E-state index contributed by atoms with van der Waals surface area (Å²) in [5.41, 5.74) is 1.30. The molecule has 4 rings (SSSR count). The van der Waals surface area contributed by atoms with Crippen LogP contribution in [0.25, 0.3) is 5.69 Å². The highest BCUT2D eigenvalue weighted by atomic mass is 32.2. The number of furan rings is 1. The maximum atomic E-state index is 12.5. The monoisotopic (exact) mass is 430 g/mol. The highest BCUT2D eigenvalue weighted by molar-refractivity contribution is 7.90. The fourth-order valence-electron chi connectivity index (χ4n) is 3.11. The summed E-state index contributed by atoms with van der Waals surface area (Å²) in [6.07, 6.45) is 1.46. The summed E-state index contributed by atoms with van der Waals surface area (Å²) in [5, 5.41) is 9.30. The largest absolute Gasteiger partial charge is 0.497 e. The summed E-state index contributed by atoms with van der Waals surface area (Å²) < 4.78 is 35.7. The lowest BCUT2D eigenvalue weighted by Crippen LogP contribution is -2.35. The predicted octanol–water partition coefficient (Wildman–Crippen LogP) is 1.16. The molecule has 2 N–H and O–H groups in total. The molecular weight excluding hydrogens is 412 g/mol. The van der Waals surface area contributed by atoms with Gasteiger partial charge < -0.3 is 19.8 Å². The lowest BCUT2D eigenvalue weighted by Gasteiger charge is -2.11. The number of nitrogens with zero attached hydrogens (tertiary/aromatic N) is 2. The van der Waals surface area contributed by atoms with Crippen LogP contribution in [0.4, 0.5) is 5.82 Å². The minimum atomic E-state index is -3.35. The number of carbonyl (C=O) groups is 2. The molecule has 3 heterocycles. The van der Waals surface area contributed by atoms with Crippen LogP contribution in [0, 0.1) is 0 Å². The Hall–Kier alpha value is -3.60. The van der Waals surface area contributed by atoms with Gasteiger partial charge in [-0.25, -0.2) is 13.1 Å². The maximum absolute atomic E-state index is 12.5. The first kappa shape index (κ1) is 19.7. The number of nitrogens with one attached hydrogen (secondary N) is 2. The SMILES string of the molecule is COc1ccc(-n2nc3c(c2NC(=O)C(=O)NCc2ccco2)CS(=O)(=O)C3)cc1. The van der Waals surface area contributed by atoms with Crippen LogP contribution in [0.3, 0.4) is 0 Å². The van der Waals surface area contributed by atoms with Crippen molar-refractivity contribution in [2.75, 3.05) is 12.4 Å². The molecule has 10 nitrogen and oxygen atoms in total. The van der Waals surface area contributed by atoms with Crippen molar-refractivity contribution < 1.29 is 27.2 Å². The zero-order chi connectivity index (χ0) is 21.3. The van der Waals surface area contributed by atoms with Gasteiger partial charge in [0.05, 0.1) is 42.8 Å². The number of sulfone groups is 1. The molecule has 0 bridgehead atoms. The van der Waals surface area contributed by atoms with E-state index < -0.39 is 21.7 Å². The second kappa shape index (κ2) is 7.67. The zero-order valence-electron chi connectivity index (χ0n) is 15.9. The highest BCUT2D eigenvalue weighted by Gasteiger charge is 2.33. The Morgan fingerprint density at radius 1 is 1.17 bits per heavy atom. The second-order valence-corrected chi connectivity index (χ2v) is 8.70. The van der Waals surface area contributed by atoms with Gasteiger partial charge in [-0.05, 0) is 36.4 Å². The standard InChI is InChI=1S/C19H18N4O6S/c1-28-13-6-4-12(5-7-13)23-17(15-10-30(26,27)11-16(15)22-23)21-19(25)18(24)20-9-14-3-2-8-29-14/h2-8H,9-11H2,1H3,(H,20,24)(H,21,25).